The highest BCUT2D eigenvalue weighted by molar-refractivity contribution is 5.65. The zero-order valence-corrected chi connectivity index (χ0v) is 11.8. The topological polar surface area (TPSA) is 35.5 Å². The molecule has 0 spiro atoms. The van der Waals surface area contributed by atoms with E-state index in [4.69, 9.17) is 9.47 Å². The van der Waals surface area contributed by atoms with E-state index in [1.807, 2.05) is 24.3 Å². The lowest BCUT2D eigenvalue weighted by Crippen LogP contribution is -1.99. The number of carbonyl (C=O) groups is 1. The molecule has 3 nitrogen and oxygen atoms in total. The molecule has 0 atom stereocenters. The molecule has 0 radical (unpaired) electrons. The maximum absolute atomic E-state index is 10.7. The largest absolute Gasteiger partial charge is 0.489 e. The second kappa shape index (κ2) is 6.75. The van der Waals surface area contributed by atoms with Crippen LogP contribution in [0.4, 0.5) is 0 Å². The minimum Gasteiger partial charge on any atom is -0.489 e. The van der Waals surface area contributed by atoms with E-state index < -0.39 is 0 Å². The van der Waals surface area contributed by atoms with Gasteiger partial charge in [-0.1, -0.05) is 42.0 Å². The lowest BCUT2D eigenvalue weighted by atomic mass is 10.2. The summed E-state index contributed by atoms with van der Waals surface area (Å²) in [7, 11) is 0. The third-order valence-electron chi connectivity index (χ3n) is 2.89. The summed E-state index contributed by atoms with van der Waals surface area (Å²) in [6.07, 6.45) is 0. The smallest absolute Gasteiger partial charge is 0.302 e. The van der Waals surface area contributed by atoms with Gasteiger partial charge in [0.25, 0.3) is 0 Å². The molecule has 0 heterocycles. The van der Waals surface area contributed by atoms with Gasteiger partial charge in [-0.25, -0.2) is 0 Å². The van der Waals surface area contributed by atoms with Crippen molar-refractivity contribution in [2.45, 2.75) is 27.1 Å². The standard InChI is InChI=1S/C17H18O3/c1-13-3-5-15(6-4-13)12-20-17-9-7-16(8-10-17)11-19-14(2)18/h3-10H,11-12H2,1-2H3. The first kappa shape index (κ1) is 14.1. The maximum Gasteiger partial charge on any atom is 0.302 e. The molecule has 0 aliphatic heterocycles. The van der Waals surface area contributed by atoms with Crippen molar-refractivity contribution >= 4 is 5.97 Å². The number of hydrogen-bond acceptors (Lipinski definition) is 3. The number of ether oxygens (including phenoxy) is 2. The average Bonchev–Trinajstić information content (AvgIpc) is 2.45. The molecule has 104 valence electrons. The van der Waals surface area contributed by atoms with Crippen LogP contribution in [-0.4, -0.2) is 5.97 Å². The van der Waals surface area contributed by atoms with Gasteiger partial charge in [0.15, 0.2) is 0 Å². The van der Waals surface area contributed by atoms with Crippen LogP contribution >= 0.6 is 0 Å². The normalized spacial score (nSPS) is 10.1. The molecule has 0 N–H and O–H groups in total. The molecular formula is C17H18O3. The maximum atomic E-state index is 10.7. The van der Waals surface area contributed by atoms with Crippen LogP contribution < -0.4 is 4.74 Å². The zero-order chi connectivity index (χ0) is 14.4. The molecular weight excluding hydrogens is 252 g/mol. The van der Waals surface area contributed by atoms with Crippen LogP contribution in [0.1, 0.15) is 23.6 Å². The molecule has 0 aliphatic carbocycles. The Morgan fingerprint density at radius 1 is 0.900 bits per heavy atom. The van der Waals surface area contributed by atoms with Crippen LogP contribution in [0.2, 0.25) is 0 Å². The molecule has 2 aromatic rings. The second-order valence-electron chi connectivity index (χ2n) is 4.70. The second-order valence-corrected chi connectivity index (χ2v) is 4.70. The quantitative estimate of drug-likeness (QED) is 0.778. The Labute approximate surface area is 119 Å². The molecule has 0 saturated carbocycles. The fourth-order valence-corrected chi connectivity index (χ4v) is 1.72. The van der Waals surface area contributed by atoms with Crippen LogP contribution in [0.15, 0.2) is 48.5 Å². The molecule has 3 heteroatoms. The predicted octanol–water partition coefficient (Wildman–Crippen LogP) is 3.64. The van der Waals surface area contributed by atoms with Gasteiger partial charge in [0.05, 0.1) is 0 Å². The summed E-state index contributed by atoms with van der Waals surface area (Å²) in [4.78, 5) is 10.7. The molecule has 0 aliphatic rings. The molecule has 20 heavy (non-hydrogen) atoms. The van der Waals surface area contributed by atoms with E-state index in [1.54, 1.807) is 0 Å². The fraction of sp³-hybridized carbons (Fsp3) is 0.235. The first-order valence-corrected chi connectivity index (χ1v) is 6.54. The van der Waals surface area contributed by atoms with Gasteiger partial charge < -0.3 is 9.47 Å². The Morgan fingerprint density at radius 3 is 2.05 bits per heavy atom. The summed E-state index contributed by atoms with van der Waals surface area (Å²) >= 11 is 0. The first-order chi connectivity index (χ1) is 9.63. The van der Waals surface area contributed by atoms with E-state index in [2.05, 4.69) is 31.2 Å². The van der Waals surface area contributed by atoms with Crippen molar-refractivity contribution in [2.24, 2.45) is 0 Å². The van der Waals surface area contributed by atoms with E-state index in [-0.39, 0.29) is 5.97 Å². The van der Waals surface area contributed by atoms with Crippen molar-refractivity contribution in [3.05, 3.63) is 65.2 Å². The lowest BCUT2D eigenvalue weighted by Gasteiger charge is -2.08. The van der Waals surface area contributed by atoms with Gasteiger partial charge in [-0.15, -0.1) is 0 Å². The zero-order valence-electron chi connectivity index (χ0n) is 11.8. The summed E-state index contributed by atoms with van der Waals surface area (Å²) in [6, 6.07) is 15.8. The summed E-state index contributed by atoms with van der Waals surface area (Å²) in [5.41, 5.74) is 3.33. The summed E-state index contributed by atoms with van der Waals surface area (Å²) in [5, 5.41) is 0. The molecule has 0 bridgehead atoms. The van der Waals surface area contributed by atoms with Gasteiger partial charge in [-0.3, -0.25) is 4.79 Å². The van der Waals surface area contributed by atoms with Gasteiger partial charge >= 0.3 is 5.97 Å². The van der Waals surface area contributed by atoms with Crippen LogP contribution in [0.25, 0.3) is 0 Å². The highest BCUT2D eigenvalue weighted by Gasteiger charge is 1.99. The predicted molar refractivity (Wildman–Crippen MR) is 77.4 cm³/mol. The van der Waals surface area contributed by atoms with Crippen molar-refractivity contribution in [3.63, 3.8) is 0 Å². The average molecular weight is 270 g/mol. The Hall–Kier alpha value is -2.29. The van der Waals surface area contributed by atoms with Gasteiger partial charge in [0, 0.05) is 6.92 Å². The van der Waals surface area contributed by atoms with Crippen molar-refractivity contribution in [1.29, 1.82) is 0 Å². The van der Waals surface area contributed by atoms with E-state index in [0.717, 1.165) is 16.9 Å². The van der Waals surface area contributed by atoms with E-state index >= 15 is 0 Å². The Morgan fingerprint density at radius 2 is 1.45 bits per heavy atom. The van der Waals surface area contributed by atoms with E-state index in [9.17, 15) is 4.79 Å². The Bertz CT molecular complexity index is 556. The van der Waals surface area contributed by atoms with Gasteiger partial charge in [0.2, 0.25) is 0 Å². The SMILES string of the molecule is CC(=O)OCc1ccc(OCc2ccc(C)cc2)cc1. The Kier molecular flexibility index (Phi) is 4.77. The minimum absolute atomic E-state index is 0.273. The van der Waals surface area contributed by atoms with Crippen LogP contribution in [0, 0.1) is 6.92 Å². The lowest BCUT2D eigenvalue weighted by molar-refractivity contribution is -0.142. The highest BCUT2D eigenvalue weighted by atomic mass is 16.5. The first-order valence-electron chi connectivity index (χ1n) is 6.54. The summed E-state index contributed by atoms with van der Waals surface area (Å²) in [6.45, 7) is 4.31. The third kappa shape index (κ3) is 4.43. The van der Waals surface area contributed by atoms with Crippen molar-refractivity contribution in [3.8, 4) is 5.75 Å². The Balaban J connectivity index is 1.87. The van der Waals surface area contributed by atoms with Crippen molar-refractivity contribution in [2.75, 3.05) is 0 Å². The number of esters is 1. The summed E-state index contributed by atoms with van der Waals surface area (Å²) in [5.74, 6) is 0.529. The molecule has 2 aromatic carbocycles. The van der Waals surface area contributed by atoms with E-state index in [1.165, 1.54) is 12.5 Å². The highest BCUT2D eigenvalue weighted by Crippen LogP contribution is 2.15. The number of carbonyl (C=O) groups excluding carboxylic acids is 1. The van der Waals surface area contributed by atoms with Crippen molar-refractivity contribution < 1.29 is 14.3 Å². The van der Waals surface area contributed by atoms with Gasteiger partial charge in [0.1, 0.15) is 19.0 Å². The van der Waals surface area contributed by atoms with Crippen LogP contribution in [0.5, 0.6) is 5.75 Å². The molecule has 0 aromatic heterocycles. The fourth-order valence-electron chi connectivity index (χ4n) is 1.72. The number of rotatable bonds is 5. The van der Waals surface area contributed by atoms with Crippen LogP contribution in [-0.2, 0) is 22.7 Å². The molecule has 0 saturated heterocycles. The van der Waals surface area contributed by atoms with Gasteiger partial charge in [-0.2, -0.15) is 0 Å². The van der Waals surface area contributed by atoms with Gasteiger partial charge in [-0.05, 0) is 30.2 Å². The molecule has 0 amide bonds. The number of aryl methyl sites for hydroxylation is 1. The minimum atomic E-state index is -0.273. The molecule has 0 fully saturated rings. The van der Waals surface area contributed by atoms with Crippen LogP contribution in [0.3, 0.4) is 0 Å². The third-order valence-corrected chi connectivity index (χ3v) is 2.89. The van der Waals surface area contributed by atoms with Crippen molar-refractivity contribution in [1.82, 2.24) is 0 Å². The molecule has 2 rings (SSSR count). The van der Waals surface area contributed by atoms with E-state index in [0.29, 0.717) is 13.2 Å². The number of benzene rings is 2. The number of hydrogen-bond donors (Lipinski definition) is 0. The summed E-state index contributed by atoms with van der Waals surface area (Å²) < 4.78 is 10.6. The monoisotopic (exact) mass is 270 g/mol. The molecule has 0 unspecified atom stereocenters.